The SMILES string of the molecule is NC1CCN(CC(=O)Nc2ccccc2-c2ccccc2)CC1. The van der Waals surface area contributed by atoms with Crippen LogP contribution in [0.1, 0.15) is 12.8 Å². The third-order valence-electron chi connectivity index (χ3n) is 4.29. The second-order valence-corrected chi connectivity index (χ2v) is 6.07. The summed E-state index contributed by atoms with van der Waals surface area (Å²) in [5.41, 5.74) is 8.91. The fourth-order valence-electron chi connectivity index (χ4n) is 2.97. The molecule has 120 valence electrons. The number of nitrogens with two attached hydrogens (primary N) is 1. The van der Waals surface area contributed by atoms with Crippen molar-refractivity contribution in [2.75, 3.05) is 25.0 Å². The summed E-state index contributed by atoms with van der Waals surface area (Å²) < 4.78 is 0. The van der Waals surface area contributed by atoms with Gasteiger partial charge in [-0.2, -0.15) is 0 Å². The van der Waals surface area contributed by atoms with Gasteiger partial charge in [-0.25, -0.2) is 0 Å². The normalized spacial score (nSPS) is 16.2. The predicted molar refractivity (Wildman–Crippen MR) is 94.2 cm³/mol. The van der Waals surface area contributed by atoms with E-state index in [-0.39, 0.29) is 11.9 Å². The van der Waals surface area contributed by atoms with Crippen LogP contribution in [-0.2, 0) is 4.79 Å². The first kappa shape index (κ1) is 15.7. The highest BCUT2D eigenvalue weighted by molar-refractivity contribution is 5.96. The number of nitrogens with one attached hydrogen (secondary N) is 1. The Balaban J connectivity index is 1.67. The zero-order valence-corrected chi connectivity index (χ0v) is 13.2. The molecule has 0 aliphatic carbocycles. The van der Waals surface area contributed by atoms with E-state index in [1.54, 1.807) is 0 Å². The number of carbonyl (C=O) groups excluding carboxylic acids is 1. The zero-order chi connectivity index (χ0) is 16.1. The summed E-state index contributed by atoms with van der Waals surface area (Å²) >= 11 is 0. The average Bonchev–Trinajstić information content (AvgIpc) is 2.58. The maximum absolute atomic E-state index is 12.4. The highest BCUT2D eigenvalue weighted by Gasteiger charge is 2.18. The minimum atomic E-state index is 0.0313. The smallest absolute Gasteiger partial charge is 0.238 e. The molecular formula is C19H23N3O. The minimum Gasteiger partial charge on any atom is -0.328 e. The molecule has 2 aromatic carbocycles. The molecular weight excluding hydrogens is 286 g/mol. The average molecular weight is 309 g/mol. The maximum Gasteiger partial charge on any atom is 0.238 e. The van der Waals surface area contributed by atoms with Gasteiger partial charge in [0.15, 0.2) is 0 Å². The Morgan fingerprint density at radius 1 is 1.04 bits per heavy atom. The highest BCUT2D eigenvalue weighted by Crippen LogP contribution is 2.27. The monoisotopic (exact) mass is 309 g/mol. The van der Waals surface area contributed by atoms with Crippen LogP contribution in [0, 0.1) is 0 Å². The second-order valence-electron chi connectivity index (χ2n) is 6.07. The molecule has 1 aliphatic heterocycles. The van der Waals surface area contributed by atoms with E-state index in [4.69, 9.17) is 5.73 Å². The summed E-state index contributed by atoms with van der Waals surface area (Å²) in [5.74, 6) is 0.0313. The van der Waals surface area contributed by atoms with Gasteiger partial charge in [-0.15, -0.1) is 0 Å². The minimum absolute atomic E-state index is 0.0313. The van der Waals surface area contributed by atoms with Gasteiger partial charge in [-0.1, -0.05) is 48.5 Å². The Bertz CT molecular complexity index is 649. The molecule has 1 amide bonds. The van der Waals surface area contributed by atoms with Crippen LogP contribution in [0.2, 0.25) is 0 Å². The van der Waals surface area contributed by atoms with Crippen molar-refractivity contribution in [3.8, 4) is 11.1 Å². The van der Waals surface area contributed by atoms with Crippen molar-refractivity contribution in [3.63, 3.8) is 0 Å². The lowest BCUT2D eigenvalue weighted by Gasteiger charge is -2.29. The number of carbonyl (C=O) groups is 1. The van der Waals surface area contributed by atoms with Crippen LogP contribution in [0.15, 0.2) is 54.6 Å². The Hall–Kier alpha value is -2.17. The number of hydrogen-bond donors (Lipinski definition) is 2. The molecule has 3 rings (SSSR count). The molecule has 0 atom stereocenters. The largest absolute Gasteiger partial charge is 0.328 e. The van der Waals surface area contributed by atoms with Gasteiger partial charge in [0.05, 0.1) is 6.54 Å². The Morgan fingerprint density at radius 3 is 2.43 bits per heavy atom. The molecule has 0 saturated carbocycles. The molecule has 0 unspecified atom stereocenters. The van der Waals surface area contributed by atoms with Gasteiger partial charge in [0.25, 0.3) is 0 Å². The lowest BCUT2D eigenvalue weighted by Crippen LogP contribution is -2.43. The van der Waals surface area contributed by atoms with Crippen LogP contribution in [0.4, 0.5) is 5.69 Å². The third-order valence-corrected chi connectivity index (χ3v) is 4.29. The van der Waals surface area contributed by atoms with Gasteiger partial charge in [0.1, 0.15) is 0 Å². The van der Waals surface area contributed by atoms with E-state index in [0.717, 1.165) is 42.7 Å². The molecule has 1 heterocycles. The van der Waals surface area contributed by atoms with Gasteiger partial charge in [-0.3, -0.25) is 9.69 Å². The van der Waals surface area contributed by atoms with Crippen LogP contribution in [-0.4, -0.2) is 36.5 Å². The standard InChI is InChI=1S/C19H23N3O/c20-16-10-12-22(13-11-16)14-19(23)21-18-9-5-4-8-17(18)15-6-2-1-3-7-15/h1-9,16H,10-14,20H2,(H,21,23). The van der Waals surface area contributed by atoms with Crippen LogP contribution in [0.25, 0.3) is 11.1 Å². The number of amides is 1. The van der Waals surface area contributed by atoms with E-state index >= 15 is 0 Å². The number of anilines is 1. The quantitative estimate of drug-likeness (QED) is 0.913. The molecule has 0 bridgehead atoms. The van der Waals surface area contributed by atoms with Crippen molar-refractivity contribution in [2.45, 2.75) is 18.9 Å². The Kier molecular flexibility index (Phi) is 5.05. The van der Waals surface area contributed by atoms with E-state index in [0.29, 0.717) is 6.54 Å². The van der Waals surface area contributed by atoms with Crippen molar-refractivity contribution in [1.29, 1.82) is 0 Å². The second kappa shape index (κ2) is 7.40. The zero-order valence-electron chi connectivity index (χ0n) is 13.2. The fraction of sp³-hybridized carbons (Fsp3) is 0.316. The molecule has 1 aliphatic rings. The number of rotatable bonds is 4. The molecule has 2 aromatic rings. The molecule has 4 nitrogen and oxygen atoms in total. The third kappa shape index (κ3) is 4.18. The number of hydrogen-bond acceptors (Lipinski definition) is 3. The molecule has 0 radical (unpaired) electrons. The van der Waals surface area contributed by atoms with Gasteiger partial charge < -0.3 is 11.1 Å². The lowest BCUT2D eigenvalue weighted by molar-refractivity contribution is -0.117. The van der Waals surface area contributed by atoms with Crippen molar-refractivity contribution in [3.05, 3.63) is 54.6 Å². The summed E-state index contributed by atoms with van der Waals surface area (Å²) in [4.78, 5) is 14.5. The summed E-state index contributed by atoms with van der Waals surface area (Å²) in [6.07, 6.45) is 1.93. The number of para-hydroxylation sites is 1. The molecule has 3 N–H and O–H groups in total. The molecule has 4 heteroatoms. The van der Waals surface area contributed by atoms with Gasteiger partial charge in [-0.05, 0) is 24.5 Å². The summed E-state index contributed by atoms with van der Waals surface area (Å²) in [7, 11) is 0. The van der Waals surface area contributed by atoms with E-state index in [2.05, 4.69) is 22.3 Å². The first-order valence-electron chi connectivity index (χ1n) is 8.14. The molecule has 23 heavy (non-hydrogen) atoms. The Morgan fingerprint density at radius 2 is 1.70 bits per heavy atom. The van der Waals surface area contributed by atoms with Gasteiger partial charge in [0, 0.05) is 30.4 Å². The van der Waals surface area contributed by atoms with Crippen molar-refractivity contribution in [1.82, 2.24) is 4.90 Å². The fourth-order valence-corrected chi connectivity index (χ4v) is 2.97. The lowest BCUT2D eigenvalue weighted by atomic mass is 10.0. The van der Waals surface area contributed by atoms with E-state index in [9.17, 15) is 4.79 Å². The maximum atomic E-state index is 12.4. The van der Waals surface area contributed by atoms with Crippen LogP contribution in [0.5, 0.6) is 0 Å². The van der Waals surface area contributed by atoms with Crippen molar-refractivity contribution in [2.24, 2.45) is 5.73 Å². The van der Waals surface area contributed by atoms with Gasteiger partial charge >= 0.3 is 0 Å². The number of benzene rings is 2. The van der Waals surface area contributed by atoms with Crippen molar-refractivity contribution < 1.29 is 4.79 Å². The number of likely N-dealkylation sites (tertiary alicyclic amines) is 1. The summed E-state index contributed by atoms with van der Waals surface area (Å²) in [6.45, 7) is 2.22. The van der Waals surface area contributed by atoms with Gasteiger partial charge in [0.2, 0.25) is 5.91 Å². The number of nitrogens with zero attached hydrogens (tertiary/aromatic N) is 1. The molecule has 1 fully saturated rings. The highest BCUT2D eigenvalue weighted by atomic mass is 16.2. The molecule has 1 saturated heterocycles. The predicted octanol–water partition coefficient (Wildman–Crippen LogP) is 2.72. The van der Waals surface area contributed by atoms with E-state index in [1.165, 1.54) is 0 Å². The van der Waals surface area contributed by atoms with Crippen LogP contribution in [0.3, 0.4) is 0 Å². The summed E-state index contributed by atoms with van der Waals surface area (Å²) in [5, 5.41) is 3.06. The van der Waals surface area contributed by atoms with E-state index < -0.39 is 0 Å². The number of piperidine rings is 1. The Labute approximate surface area is 137 Å². The molecule has 0 spiro atoms. The first-order chi connectivity index (χ1) is 11.2. The topological polar surface area (TPSA) is 58.4 Å². The van der Waals surface area contributed by atoms with E-state index in [1.807, 2.05) is 42.5 Å². The first-order valence-corrected chi connectivity index (χ1v) is 8.14. The summed E-state index contributed by atoms with van der Waals surface area (Å²) in [6, 6.07) is 18.3. The van der Waals surface area contributed by atoms with Crippen LogP contribution < -0.4 is 11.1 Å². The van der Waals surface area contributed by atoms with Crippen molar-refractivity contribution >= 4 is 11.6 Å². The molecule has 0 aromatic heterocycles. The van der Waals surface area contributed by atoms with Crippen LogP contribution >= 0.6 is 0 Å².